The number of allylic oxidation sites excluding steroid dienone is 1. The SMILES string of the molecule is COc1ccc(S(=O)(=O)C2(CCCC=Cc3ccc(Cl)cc3)SC(=O)NC2=O)cc1. The summed E-state index contributed by atoms with van der Waals surface area (Å²) >= 11 is 6.39. The molecule has 1 unspecified atom stereocenters. The number of rotatable bonds is 8. The van der Waals surface area contributed by atoms with Gasteiger partial charge in [-0.3, -0.25) is 14.9 Å². The highest BCUT2D eigenvalue weighted by atomic mass is 35.5. The van der Waals surface area contributed by atoms with Crippen molar-refractivity contribution >= 4 is 50.4 Å². The fourth-order valence-electron chi connectivity index (χ4n) is 3.08. The summed E-state index contributed by atoms with van der Waals surface area (Å²) in [5.41, 5.74) is 0.961. The van der Waals surface area contributed by atoms with Gasteiger partial charge in [0.15, 0.2) is 0 Å². The molecule has 0 aromatic heterocycles. The van der Waals surface area contributed by atoms with Gasteiger partial charge in [0.1, 0.15) is 5.75 Å². The van der Waals surface area contributed by atoms with E-state index in [4.69, 9.17) is 16.3 Å². The number of unbranched alkanes of at least 4 members (excludes halogenated alkanes) is 1. The summed E-state index contributed by atoms with van der Waals surface area (Å²) in [5, 5.41) is 2.12. The number of imide groups is 1. The maximum atomic E-state index is 13.3. The lowest BCUT2D eigenvalue weighted by molar-refractivity contribution is -0.120. The Balaban J connectivity index is 1.77. The average molecular weight is 466 g/mol. The number of ether oxygens (including phenoxy) is 1. The Kier molecular flexibility index (Phi) is 6.90. The minimum atomic E-state index is -4.12. The maximum Gasteiger partial charge on any atom is 0.287 e. The Morgan fingerprint density at radius 2 is 1.77 bits per heavy atom. The summed E-state index contributed by atoms with van der Waals surface area (Å²) in [6.45, 7) is 0. The molecular weight excluding hydrogens is 446 g/mol. The lowest BCUT2D eigenvalue weighted by Crippen LogP contribution is -2.43. The Morgan fingerprint density at radius 3 is 2.33 bits per heavy atom. The highest BCUT2D eigenvalue weighted by Crippen LogP contribution is 2.44. The molecule has 0 saturated carbocycles. The van der Waals surface area contributed by atoms with E-state index in [1.807, 2.05) is 24.3 Å². The van der Waals surface area contributed by atoms with E-state index in [2.05, 4.69) is 5.32 Å². The number of amides is 2. The van der Waals surface area contributed by atoms with Gasteiger partial charge in [0.2, 0.25) is 13.9 Å². The third-order valence-corrected chi connectivity index (χ3v) is 9.00. The van der Waals surface area contributed by atoms with Crippen LogP contribution in [0.4, 0.5) is 4.79 Å². The molecule has 30 heavy (non-hydrogen) atoms. The van der Waals surface area contributed by atoms with Crippen LogP contribution < -0.4 is 10.1 Å². The molecule has 2 aromatic carbocycles. The number of methoxy groups -OCH3 is 1. The number of hydrogen-bond acceptors (Lipinski definition) is 6. The number of hydrogen-bond donors (Lipinski definition) is 1. The molecular formula is C21H20ClNO5S2. The van der Waals surface area contributed by atoms with E-state index in [0.29, 0.717) is 35.4 Å². The van der Waals surface area contributed by atoms with Crippen molar-refractivity contribution in [3.63, 3.8) is 0 Å². The van der Waals surface area contributed by atoms with Gasteiger partial charge in [-0.1, -0.05) is 35.9 Å². The lowest BCUT2D eigenvalue weighted by Gasteiger charge is -2.24. The largest absolute Gasteiger partial charge is 0.497 e. The summed E-state index contributed by atoms with van der Waals surface area (Å²) in [7, 11) is -2.64. The number of carbonyl (C=O) groups is 2. The highest BCUT2D eigenvalue weighted by molar-refractivity contribution is 8.25. The van der Waals surface area contributed by atoms with E-state index in [-0.39, 0.29) is 11.3 Å². The van der Waals surface area contributed by atoms with Crippen molar-refractivity contribution in [2.24, 2.45) is 0 Å². The first-order valence-electron chi connectivity index (χ1n) is 9.14. The quantitative estimate of drug-likeness (QED) is 0.569. The predicted molar refractivity (Wildman–Crippen MR) is 118 cm³/mol. The molecule has 0 bridgehead atoms. The van der Waals surface area contributed by atoms with Gasteiger partial charge in [-0.15, -0.1) is 0 Å². The van der Waals surface area contributed by atoms with E-state index in [0.717, 1.165) is 5.56 Å². The lowest BCUT2D eigenvalue weighted by atomic mass is 10.1. The van der Waals surface area contributed by atoms with Gasteiger partial charge >= 0.3 is 0 Å². The van der Waals surface area contributed by atoms with Crippen molar-refractivity contribution in [3.8, 4) is 5.75 Å². The molecule has 6 nitrogen and oxygen atoms in total. The molecule has 2 aromatic rings. The maximum absolute atomic E-state index is 13.3. The molecule has 1 saturated heterocycles. The summed E-state index contributed by atoms with van der Waals surface area (Å²) < 4.78 is 29.8. The van der Waals surface area contributed by atoms with Crippen LogP contribution in [0.2, 0.25) is 5.02 Å². The molecule has 1 aliphatic rings. The van der Waals surface area contributed by atoms with Crippen LogP contribution >= 0.6 is 23.4 Å². The van der Waals surface area contributed by atoms with E-state index >= 15 is 0 Å². The van der Waals surface area contributed by atoms with Crippen molar-refractivity contribution in [1.82, 2.24) is 5.32 Å². The van der Waals surface area contributed by atoms with E-state index in [1.54, 1.807) is 12.1 Å². The second-order valence-electron chi connectivity index (χ2n) is 6.62. The van der Waals surface area contributed by atoms with Crippen LogP contribution in [0.25, 0.3) is 6.08 Å². The number of halogens is 1. The number of thioether (sulfide) groups is 1. The molecule has 9 heteroatoms. The zero-order chi connectivity index (χ0) is 21.8. The number of carbonyl (C=O) groups excluding carboxylic acids is 2. The Labute approximate surface area is 184 Å². The van der Waals surface area contributed by atoms with Crippen LogP contribution in [0.3, 0.4) is 0 Å². The summed E-state index contributed by atoms with van der Waals surface area (Å²) in [5.74, 6) is -0.301. The predicted octanol–water partition coefficient (Wildman–Crippen LogP) is 4.69. The van der Waals surface area contributed by atoms with Gasteiger partial charge in [-0.25, -0.2) is 8.42 Å². The van der Waals surface area contributed by atoms with Crippen molar-refractivity contribution in [2.45, 2.75) is 28.2 Å². The molecule has 1 aliphatic heterocycles. The molecule has 1 N–H and O–H groups in total. The summed E-state index contributed by atoms with van der Waals surface area (Å²) in [6, 6.07) is 13.1. The highest BCUT2D eigenvalue weighted by Gasteiger charge is 2.57. The smallest absolute Gasteiger partial charge is 0.287 e. The second kappa shape index (κ2) is 9.24. The van der Waals surface area contributed by atoms with Crippen LogP contribution in [-0.2, 0) is 14.6 Å². The van der Waals surface area contributed by atoms with Crippen LogP contribution in [0, 0.1) is 0 Å². The van der Waals surface area contributed by atoms with E-state index in [9.17, 15) is 18.0 Å². The van der Waals surface area contributed by atoms with Gasteiger partial charge in [-0.05, 0) is 73.0 Å². The van der Waals surface area contributed by atoms with E-state index < -0.39 is 25.1 Å². The van der Waals surface area contributed by atoms with Crippen LogP contribution in [0.5, 0.6) is 5.75 Å². The number of nitrogens with one attached hydrogen (secondary N) is 1. The van der Waals surface area contributed by atoms with Crippen molar-refractivity contribution in [2.75, 3.05) is 7.11 Å². The molecule has 158 valence electrons. The Morgan fingerprint density at radius 1 is 1.10 bits per heavy atom. The van der Waals surface area contributed by atoms with E-state index in [1.165, 1.54) is 31.4 Å². The van der Waals surface area contributed by atoms with Crippen molar-refractivity contribution in [3.05, 3.63) is 65.2 Å². The third-order valence-electron chi connectivity index (χ3n) is 4.68. The van der Waals surface area contributed by atoms with Gasteiger partial charge < -0.3 is 4.74 Å². The molecule has 2 amide bonds. The second-order valence-corrected chi connectivity index (χ2v) is 10.8. The standard InChI is InChI=1S/C21H20ClNO5S2/c1-28-17-10-12-18(13-11-17)30(26,27)21(19(24)23-20(25)29-21)14-4-2-3-5-15-6-8-16(22)9-7-15/h3,5-13H,2,4,14H2,1H3,(H,23,24,25). The molecule has 3 rings (SSSR count). The summed E-state index contributed by atoms with van der Waals surface area (Å²) in [4.78, 5) is 24.4. The molecule has 1 atom stereocenters. The molecule has 0 radical (unpaired) electrons. The first-order chi connectivity index (χ1) is 14.3. The Bertz CT molecular complexity index is 1070. The van der Waals surface area contributed by atoms with Crippen molar-refractivity contribution in [1.29, 1.82) is 0 Å². The zero-order valence-corrected chi connectivity index (χ0v) is 18.5. The average Bonchev–Trinajstić information content (AvgIpc) is 3.03. The van der Waals surface area contributed by atoms with Gasteiger partial charge in [-0.2, -0.15) is 0 Å². The Hall–Kier alpha value is -2.29. The van der Waals surface area contributed by atoms with Gasteiger partial charge in [0.05, 0.1) is 12.0 Å². The fraction of sp³-hybridized carbons (Fsp3) is 0.238. The minimum absolute atomic E-state index is 0.00849. The zero-order valence-electron chi connectivity index (χ0n) is 16.1. The third kappa shape index (κ3) is 4.55. The minimum Gasteiger partial charge on any atom is -0.497 e. The topological polar surface area (TPSA) is 89.5 Å². The first-order valence-corrected chi connectivity index (χ1v) is 11.8. The number of benzene rings is 2. The van der Waals surface area contributed by atoms with Crippen molar-refractivity contribution < 1.29 is 22.7 Å². The van der Waals surface area contributed by atoms with Gasteiger partial charge in [0.25, 0.3) is 11.1 Å². The molecule has 0 spiro atoms. The first kappa shape index (κ1) is 22.4. The normalized spacial score (nSPS) is 19.3. The number of sulfone groups is 1. The monoisotopic (exact) mass is 465 g/mol. The van der Waals surface area contributed by atoms with Crippen LogP contribution in [0.1, 0.15) is 24.8 Å². The molecule has 1 heterocycles. The summed E-state index contributed by atoms with van der Waals surface area (Å²) in [6.07, 6.45) is 4.76. The van der Waals surface area contributed by atoms with Gasteiger partial charge in [0, 0.05) is 5.02 Å². The fourth-order valence-corrected chi connectivity index (χ4v) is 6.57. The van der Waals surface area contributed by atoms with Crippen LogP contribution in [-0.4, -0.2) is 30.8 Å². The molecule has 0 aliphatic carbocycles. The molecule has 1 fully saturated rings. The van der Waals surface area contributed by atoms with Crippen LogP contribution in [0.15, 0.2) is 59.5 Å².